The van der Waals surface area contributed by atoms with Gasteiger partial charge in [0.25, 0.3) is 0 Å². The monoisotopic (exact) mass is 310 g/mol. The lowest BCUT2D eigenvalue weighted by Gasteiger charge is -2.25. The lowest BCUT2D eigenvalue weighted by Crippen LogP contribution is -2.37. The van der Waals surface area contributed by atoms with Crippen molar-refractivity contribution in [3.05, 3.63) is 42.0 Å². The molecule has 4 nitrogen and oxygen atoms in total. The summed E-state index contributed by atoms with van der Waals surface area (Å²) in [5.41, 5.74) is 2.11. The molecule has 0 spiro atoms. The van der Waals surface area contributed by atoms with Crippen molar-refractivity contribution in [2.24, 2.45) is 0 Å². The number of aryl methyl sites for hydroxylation is 1. The van der Waals surface area contributed by atoms with Gasteiger partial charge < -0.3 is 5.32 Å². The lowest BCUT2D eigenvalue weighted by atomic mass is 10.1. The van der Waals surface area contributed by atoms with Crippen LogP contribution in [-0.2, 0) is 16.6 Å². The Hall–Kier alpha value is -1.17. The normalized spacial score (nSPS) is 12.1. The first-order chi connectivity index (χ1) is 9.84. The summed E-state index contributed by atoms with van der Waals surface area (Å²) in [7, 11) is -3.49. The molecule has 118 valence electrons. The molecule has 0 aliphatic carbocycles. The van der Waals surface area contributed by atoms with Crippen LogP contribution in [0, 0.1) is 6.92 Å². The number of sulfonamides is 1. The van der Waals surface area contributed by atoms with Crippen LogP contribution in [0.1, 0.15) is 31.9 Å². The first kappa shape index (κ1) is 17.9. The molecule has 0 bridgehead atoms. The van der Waals surface area contributed by atoms with Gasteiger partial charge in [-0.3, -0.25) is 0 Å². The fourth-order valence-corrected chi connectivity index (χ4v) is 3.77. The molecule has 0 aliphatic heterocycles. The van der Waals surface area contributed by atoms with E-state index in [2.05, 4.69) is 11.9 Å². The van der Waals surface area contributed by atoms with Crippen LogP contribution < -0.4 is 5.32 Å². The van der Waals surface area contributed by atoms with Crippen LogP contribution in [0.2, 0.25) is 0 Å². The molecule has 0 amide bonds. The van der Waals surface area contributed by atoms with Gasteiger partial charge in [0.15, 0.2) is 0 Å². The van der Waals surface area contributed by atoms with Crippen molar-refractivity contribution in [1.29, 1.82) is 0 Å². The van der Waals surface area contributed by atoms with Gasteiger partial charge in [-0.25, -0.2) is 8.42 Å². The van der Waals surface area contributed by atoms with Crippen molar-refractivity contribution in [2.45, 2.75) is 45.2 Å². The SMILES string of the molecule is C=CCN(C(C)C)S(=O)(=O)c1ccc(C)c(CNCC)c1. The Balaban J connectivity index is 3.21. The minimum absolute atomic E-state index is 0.105. The molecule has 0 radical (unpaired) electrons. The maximum Gasteiger partial charge on any atom is 0.243 e. The zero-order chi connectivity index (χ0) is 16.0. The van der Waals surface area contributed by atoms with Crippen molar-refractivity contribution in [2.75, 3.05) is 13.1 Å². The number of hydrogen-bond donors (Lipinski definition) is 1. The van der Waals surface area contributed by atoms with Crippen LogP contribution in [0.5, 0.6) is 0 Å². The van der Waals surface area contributed by atoms with Gasteiger partial charge in [-0.05, 0) is 50.6 Å². The molecular formula is C16H26N2O2S. The van der Waals surface area contributed by atoms with Crippen LogP contribution in [-0.4, -0.2) is 31.9 Å². The highest BCUT2D eigenvalue weighted by atomic mass is 32.2. The summed E-state index contributed by atoms with van der Waals surface area (Å²) in [4.78, 5) is 0.344. The first-order valence-corrected chi connectivity index (χ1v) is 8.71. The summed E-state index contributed by atoms with van der Waals surface area (Å²) in [6.07, 6.45) is 1.62. The fourth-order valence-electron chi connectivity index (χ4n) is 2.11. The van der Waals surface area contributed by atoms with Crippen LogP contribution in [0.25, 0.3) is 0 Å². The highest BCUT2D eigenvalue weighted by Crippen LogP contribution is 2.21. The average molecular weight is 310 g/mol. The van der Waals surface area contributed by atoms with E-state index in [4.69, 9.17) is 0 Å². The van der Waals surface area contributed by atoms with Crippen LogP contribution >= 0.6 is 0 Å². The molecule has 0 fully saturated rings. The summed E-state index contributed by atoms with van der Waals surface area (Å²) in [5, 5.41) is 3.24. The van der Waals surface area contributed by atoms with E-state index >= 15 is 0 Å². The quantitative estimate of drug-likeness (QED) is 0.751. The Morgan fingerprint density at radius 1 is 1.38 bits per heavy atom. The summed E-state index contributed by atoms with van der Waals surface area (Å²) < 4.78 is 27.0. The molecule has 0 heterocycles. The number of nitrogens with zero attached hydrogens (tertiary/aromatic N) is 1. The minimum atomic E-state index is -3.49. The molecule has 1 rings (SSSR count). The Morgan fingerprint density at radius 3 is 2.57 bits per heavy atom. The molecule has 0 unspecified atom stereocenters. The van der Waals surface area contributed by atoms with E-state index in [1.807, 2.05) is 33.8 Å². The van der Waals surface area contributed by atoms with Gasteiger partial charge in [0.05, 0.1) is 4.90 Å². The largest absolute Gasteiger partial charge is 0.313 e. The number of nitrogens with one attached hydrogen (secondary N) is 1. The minimum Gasteiger partial charge on any atom is -0.313 e. The second-order valence-corrected chi connectivity index (χ2v) is 7.22. The van der Waals surface area contributed by atoms with Gasteiger partial charge in [-0.2, -0.15) is 4.31 Å². The highest BCUT2D eigenvalue weighted by Gasteiger charge is 2.26. The van der Waals surface area contributed by atoms with E-state index in [1.54, 1.807) is 18.2 Å². The molecule has 1 aromatic rings. The molecule has 0 saturated heterocycles. The molecule has 21 heavy (non-hydrogen) atoms. The van der Waals surface area contributed by atoms with Gasteiger partial charge in [-0.1, -0.05) is 19.1 Å². The molecule has 0 atom stereocenters. The van der Waals surface area contributed by atoms with Gasteiger partial charge in [0, 0.05) is 19.1 Å². The van der Waals surface area contributed by atoms with E-state index in [9.17, 15) is 8.42 Å². The predicted molar refractivity (Wildman–Crippen MR) is 87.8 cm³/mol. The van der Waals surface area contributed by atoms with Crippen LogP contribution in [0.15, 0.2) is 35.7 Å². The van der Waals surface area contributed by atoms with Gasteiger partial charge in [0.2, 0.25) is 10.0 Å². The Bertz CT molecular complexity index is 580. The Kier molecular flexibility index (Phi) is 6.58. The van der Waals surface area contributed by atoms with E-state index in [-0.39, 0.29) is 6.04 Å². The van der Waals surface area contributed by atoms with Crippen molar-refractivity contribution in [3.63, 3.8) is 0 Å². The van der Waals surface area contributed by atoms with Gasteiger partial charge >= 0.3 is 0 Å². The zero-order valence-electron chi connectivity index (χ0n) is 13.4. The standard InChI is InChI=1S/C16H26N2O2S/c1-6-10-18(13(3)4)21(19,20)16-9-8-14(5)15(11-16)12-17-7-2/h6,8-9,11,13,17H,1,7,10,12H2,2-5H3. The van der Waals surface area contributed by atoms with Crippen molar-refractivity contribution >= 4 is 10.0 Å². The molecular weight excluding hydrogens is 284 g/mol. The van der Waals surface area contributed by atoms with Gasteiger partial charge in [-0.15, -0.1) is 6.58 Å². The lowest BCUT2D eigenvalue weighted by molar-refractivity contribution is 0.383. The highest BCUT2D eigenvalue weighted by molar-refractivity contribution is 7.89. The first-order valence-electron chi connectivity index (χ1n) is 7.27. The third kappa shape index (κ3) is 4.40. The van der Waals surface area contributed by atoms with Crippen molar-refractivity contribution in [1.82, 2.24) is 9.62 Å². The van der Waals surface area contributed by atoms with Crippen LogP contribution in [0.3, 0.4) is 0 Å². The molecule has 0 saturated carbocycles. The van der Waals surface area contributed by atoms with E-state index in [0.717, 1.165) is 17.7 Å². The van der Waals surface area contributed by atoms with E-state index < -0.39 is 10.0 Å². The summed E-state index contributed by atoms with van der Waals surface area (Å²) in [5.74, 6) is 0. The van der Waals surface area contributed by atoms with Crippen LogP contribution in [0.4, 0.5) is 0 Å². The third-order valence-corrected chi connectivity index (χ3v) is 5.42. The number of hydrogen-bond acceptors (Lipinski definition) is 3. The molecule has 0 aliphatic rings. The predicted octanol–water partition coefficient (Wildman–Crippen LogP) is 2.69. The zero-order valence-corrected chi connectivity index (χ0v) is 14.2. The van der Waals surface area contributed by atoms with Crippen molar-refractivity contribution < 1.29 is 8.42 Å². The maximum absolute atomic E-state index is 12.8. The fraction of sp³-hybridized carbons (Fsp3) is 0.500. The second-order valence-electron chi connectivity index (χ2n) is 5.33. The summed E-state index contributed by atoms with van der Waals surface area (Å²) in [6.45, 7) is 13.3. The second kappa shape index (κ2) is 7.73. The van der Waals surface area contributed by atoms with Crippen molar-refractivity contribution in [3.8, 4) is 0 Å². The number of rotatable bonds is 8. The Morgan fingerprint density at radius 2 is 2.05 bits per heavy atom. The summed E-state index contributed by atoms with van der Waals surface area (Å²) >= 11 is 0. The molecule has 1 aromatic carbocycles. The van der Waals surface area contributed by atoms with E-state index in [0.29, 0.717) is 18.0 Å². The van der Waals surface area contributed by atoms with Gasteiger partial charge in [0.1, 0.15) is 0 Å². The molecule has 0 aromatic heterocycles. The number of benzene rings is 1. The molecule has 5 heteroatoms. The molecule has 1 N–H and O–H groups in total. The third-order valence-electron chi connectivity index (χ3n) is 3.38. The maximum atomic E-state index is 12.8. The smallest absolute Gasteiger partial charge is 0.243 e. The average Bonchev–Trinajstić information content (AvgIpc) is 2.43. The summed E-state index contributed by atoms with van der Waals surface area (Å²) in [6, 6.07) is 5.21. The van der Waals surface area contributed by atoms with E-state index in [1.165, 1.54) is 4.31 Å². The Labute approximate surface area is 128 Å². The topological polar surface area (TPSA) is 49.4 Å².